The van der Waals surface area contributed by atoms with Crippen molar-refractivity contribution in [2.45, 2.75) is 20.8 Å². The smallest absolute Gasteiger partial charge is 0.200 e. The lowest BCUT2D eigenvalue weighted by molar-refractivity contribution is 0.339. The van der Waals surface area contributed by atoms with E-state index < -0.39 is 0 Å². The van der Waals surface area contributed by atoms with Gasteiger partial charge < -0.3 is 14.6 Å². The van der Waals surface area contributed by atoms with Gasteiger partial charge in [0.1, 0.15) is 0 Å². The molecule has 3 heteroatoms. The van der Waals surface area contributed by atoms with Crippen LogP contribution in [-0.4, -0.2) is 19.3 Å². The molecule has 0 aromatic heterocycles. The van der Waals surface area contributed by atoms with Gasteiger partial charge in [-0.05, 0) is 24.1 Å². The first-order chi connectivity index (χ1) is 6.22. The van der Waals surface area contributed by atoms with E-state index in [4.69, 9.17) is 9.47 Å². The third-order valence-electron chi connectivity index (χ3n) is 1.95. The van der Waals surface area contributed by atoms with Crippen LogP contribution in [0.25, 0.3) is 0 Å². The summed E-state index contributed by atoms with van der Waals surface area (Å²) in [6.45, 7) is 2.03. The van der Waals surface area contributed by atoms with Crippen molar-refractivity contribution in [1.82, 2.24) is 0 Å². The molecule has 0 amide bonds. The second kappa shape index (κ2) is 5.37. The molecule has 0 aliphatic carbocycles. The first-order valence-electron chi connectivity index (χ1n) is 4.16. The summed E-state index contributed by atoms with van der Waals surface area (Å²) in [5.41, 5.74) is 1.08. The van der Waals surface area contributed by atoms with E-state index >= 15 is 0 Å². The van der Waals surface area contributed by atoms with Gasteiger partial charge in [0.05, 0.1) is 14.2 Å². The van der Waals surface area contributed by atoms with Crippen molar-refractivity contribution < 1.29 is 14.6 Å². The van der Waals surface area contributed by atoms with Gasteiger partial charge in [0.15, 0.2) is 11.5 Å². The maximum Gasteiger partial charge on any atom is 0.200 e. The summed E-state index contributed by atoms with van der Waals surface area (Å²) in [5.74, 6) is 0.967. The van der Waals surface area contributed by atoms with Crippen LogP contribution in [0.5, 0.6) is 17.2 Å². The summed E-state index contributed by atoms with van der Waals surface area (Å²) in [5, 5.41) is 9.56. The van der Waals surface area contributed by atoms with Crippen molar-refractivity contribution in [1.29, 1.82) is 0 Å². The van der Waals surface area contributed by atoms with Gasteiger partial charge in [-0.2, -0.15) is 0 Å². The van der Waals surface area contributed by atoms with Crippen LogP contribution in [0.2, 0.25) is 0 Å². The topological polar surface area (TPSA) is 38.7 Å². The molecule has 80 valence electrons. The van der Waals surface area contributed by atoms with Gasteiger partial charge in [-0.1, -0.05) is 14.4 Å². The summed E-state index contributed by atoms with van der Waals surface area (Å²) in [4.78, 5) is 0. The Morgan fingerprint density at radius 1 is 1.14 bits per heavy atom. The minimum atomic E-state index is 0. The van der Waals surface area contributed by atoms with Crippen LogP contribution in [0.4, 0.5) is 0 Å². The maximum atomic E-state index is 9.56. The van der Waals surface area contributed by atoms with Crippen molar-refractivity contribution in [2.24, 2.45) is 0 Å². The Hall–Kier alpha value is -1.38. The van der Waals surface area contributed by atoms with E-state index in [2.05, 4.69) is 0 Å². The third-order valence-corrected chi connectivity index (χ3v) is 1.95. The van der Waals surface area contributed by atoms with Crippen LogP contribution in [0.15, 0.2) is 12.1 Å². The molecule has 3 nitrogen and oxygen atoms in total. The molecule has 0 aliphatic heterocycles. The highest BCUT2D eigenvalue weighted by Gasteiger charge is 2.09. The lowest BCUT2D eigenvalue weighted by Gasteiger charge is -2.09. The van der Waals surface area contributed by atoms with Crippen molar-refractivity contribution in [3.05, 3.63) is 17.7 Å². The molecule has 0 heterocycles. The molecule has 0 saturated carbocycles. The zero-order valence-electron chi connectivity index (χ0n) is 8.13. The van der Waals surface area contributed by atoms with E-state index in [1.165, 1.54) is 14.2 Å². The van der Waals surface area contributed by atoms with Crippen molar-refractivity contribution in [3.8, 4) is 17.2 Å². The van der Waals surface area contributed by atoms with E-state index in [-0.39, 0.29) is 13.2 Å². The summed E-state index contributed by atoms with van der Waals surface area (Å²) in [6.07, 6.45) is 0.882. The Morgan fingerprint density at radius 2 is 1.57 bits per heavy atom. The lowest BCUT2D eigenvalue weighted by atomic mass is 10.1. The number of aryl methyl sites for hydroxylation is 1. The summed E-state index contributed by atoms with van der Waals surface area (Å²) >= 11 is 0. The van der Waals surface area contributed by atoms with Gasteiger partial charge in [-0.3, -0.25) is 0 Å². The van der Waals surface area contributed by atoms with E-state index in [0.717, 1.165) is 12.0 Å². The number of benzene rings is 1. The molecule has 0 saturated heterocycles. The van der Waals surface area contributed by atoms with Crippen LogP contribution in [0, 0.1) is 0 Å². The van der Waals surface area contributed by atoms with Gasteiger partial charge in [0.25, 0.3) is 0 Å². The van der Waals surface area contributed by atoms with E-state index in [0.29, 0.717) is 11.5 Å². The Balaban J connectivity index is 0.00000169. The molecule has 1 aromatic rings. The molecule has 1 aromatic carbocycles. The first kappa shape index (κ1) is 12.6. The number of ether oxygens (including phenoxy) is 2. The predicted molar refractivity (Wildman–Crippen MR) is 57.3 cm³/mol. The number of aromatic hydroxyl groups is 1. The SMILES string of the molecule is C.CCc1cc(OC)c(O)c(OC)c1. The molecule has 0 radical (unpaired) electrons. The predicted octanol–water partition coefficient (Wildman–Crippen LogP) is 2.61. The van der Waals surface area contributed by atoms with Crippen LogP contribution in [0.1, 0.15) is 19.9 Å². The van der Waals surface area contributed by atoms with Crippen LogP contribution in [0.3, 0.4) is 0 Å². The molecule has 0 aliphatic rings. The van der Waals surface area contributed by atoms with Gasteiger partial charge in [0.2, 0.25) is 5.75 Å². The Morgan fingerprint density at radius 3 is 1.86 bits per heavy atom. The zero-order chi connectivity index (χ0) is 9.84. The van der Waals surface area contributed by atoms with Gasteiger partial charge >= 0.3 is 0 Å². The molecule has 0 bridgehead atoms. The molecule has 0 unspecified atom stereocenters. The van der Waals surface area contributed by atoms with E-state index in [9.17, 15) is 5.11 Å². The number of hydrogen-bond donors (Lipinski definition) is 1. The van der Waals surface area contributed by atoms with Gasteiger partial charge in [-0.25, -0.2) is 0 Å². The monoisotopic (exact) mass is 198 g/mol. The van der Waals surface area contributed by atoms with Crippen molar-refractivity contribution >= 4 is 0 Å². The van der Waals surface area contributed by atoms with Crippen LogP contribution < -0.4 is 9.47 Å². The summed E-state index contributed by atoms with van der Waals surface area (Å²) < 4.78 is 10.00. The first-order valence-corrected chi connectivity index (χ1v) is 4.16. The minimum Gasteiger partial charge on any atom is -0.502 e. The van der Waals surface area contributed by atoms with Crippen LogP contribution >= 0.6 is 0 Å². The minimum absolute atomic E-state index is 0. The highest BCUT2D eigenvalue weighted by molar-refractivity contribution is 5.52. The third kappa shape index (κ3) is 2.31. The fourth-order valence-corrected chi connectivity index (χ4v) is 1.15. The van der Waals surface area contributed by atoms with E-state index in [1.807, 2.05) is 6.92 Å². The summed E-state index contributed by atoms with van der Waals surface area (Å²) in [6, 6.07) is 3.61. The highest BCUT2D eigenvalue weighted by Crippen LogP contribution is 2.36. The van der Waals surface area contributed by atoms with Crippen LogP contribution in [-0.2, 0) is 6.42 Å². The number of phenols is 1. The fraction of sp³-hybridized carbons (Fsp3) is 0.455. The number of phenolic OH excluding ortho intramolecular Hbond substituents is 1. The molecular formula is C11H18O3. The highest BCUT2D eigenvalue weighted by atomic mass is 16.5. The normalized spacial score (nSPS) is 9.07. The number of methoxy groups -OCH3 is 2. The second-order valence-corrected chi connectivity index (χ2v) is 2.70. The van der Waals surface area contributed by atoms with Gasteiger partial charge in [0, 0.05) is 0 Å². The molecule has 0 spiro atoms. The van der Waals surface area contributed by atoms with E-state index in [1.54, 1.807) is 12.1 Å². The molecule has 1 rings (SSSR count). The summed E-state index contributed by atoms with van der Waals surface area (Å²) in [7, 11) is 3.04. The van der Waals surface area contributed by atoms with Crippen molar-refractivity contribution in [3.63, 3.8) is 0 Å². The lowest BCUT2D eigenvalue weighted by Crippen LogP contribution is -1.91. The van der Waals surface area contributed by atoms with Crippen molar-refractivity contribution in [2.75, 3.05) is 14.2 Å². The molecule has 0 fully saturated rings. The fourth-order valence-electron chi connectivity index (χ4n) is 1.15. The Bertz CT molecular complexity index is 270. The molecule has 14 heavy (non-hydrogen) atoms. The van der Waals surface area contributed by atoms with Gasteiger partial charge in [-0.15, -0.1) is 0 Å². The second-order valence-electron chi connectivity index (χ2n) is 2.70. The molecular weight excluding hydrogens is 180 g/mol. The Kier molecular flexibility index (Phi) is 4.84. The number of hydrogen-bond acceptors (Lipinski definition) is 3. The standard InChI is InChI=1S/C10H14O3.CH4/c1-4-7-5-8(12-2)10(11)9(6-7)13-3;/h5-6,11H,4H2,1-3H3;1H4. The largest absolute Gasteiger partial charge is 0.502 e. The average molecular weight is 198 g/mol. The average Bonchev–Trinajstić information content (AvgIpc) is 2.18. The molecule has 0 atom stereocenters. The number of rotatable bonds is 3. The maximum absolute atomic E-state index is 9.56. The quantitative estimate of drug-likeness (QED) is 0.811. The zero-order valence-corrected chi connectivity index (χ0v) is 8.13. The molecule has 1 N–H and O–H groups in total. The Labute approximate surface area is 85.3 Å².